The van der Waals surface area contributed by atoms with Crippen LogP contribution in [0.3, 0.4) is 0 Å². The van der Waals surface area contributed by atoms with Crippen molar-refractivity contribution in [2.45, 2.75) is 122 Å². The Bertz CT molecular complexity index is 1900. The quantitative estimate of drug-likeness (QED) is 0.0982. The number of rotatable bonds is 14. The second-order valence-corrected chi connectivity index (χ2v) is 34.0. The lowest BCUT2D eigenvalue weighted by Gasteiger charge is -2.53. The number of halogens is 1. The van der Waals surface area contributed by atoms with E-state index < -0.39 is 59.3 Å². The average molecular weight is 813 g/mol. The van der Waals surface area contributed by atoms with E-state index in [-0.39, 0.29) is 19.3 Å². The summed E-state index contributed by atoms with van der Waals surface area (Å²) < 4.78 is 34.9. The molecule has 3 heterocycles. The molecule has 54 heavy (non-hydrogen) atoms. The third-order valence-electron chi connectivity index (χ3n) is 9.47. The van der Waals surface area contributed by atoms with Crippen LogP contribution in [-0.4, -0.2) is 82.1 Å². The minimum atomic E-state index is -3.25. The first-order valence-electron chi connectivity index (χ1n) is 18.7. The molecule has 2 aromatic carbocycles. The molecule has 3 atom stereocenters. The molecule has 1 N–H and O–H groups in total. The van der Waals surface area contributed by atoms with Gasteiger partial charge in [-0.25, -0.2) is 9.78 Å². The van der Waals surface area contributed by atoms with Gasteiger partial charge < -0.3 is 27.9 Å². The molecule has 2 aromatic heterocycles. The number of hydrogen-bond acceptors (Lipinski definition) is 8. The van der Waals surface area contributed by atoms with E-state index in [4.69, 9.17) is 44.3 Å². The zero-order chi connectivity index (χ0) is 39.9. The number of fused-ring (bicyclic) bond motifs is 1. The maximum atomic E-state index is 12.7. The van der Waals surface area contributed by atoms with Gasteiger partial charge in [0.25, 0.3) is 0 Å². The van der Waals surface area contributed by atoms with E-state index in [1.807, 2.05) is 41.0 Å². The summed E-state index contributed by atoms with van der Waals surface area (Å²) in [6.45, 7) is 26.7. The van der Waals surface area contributed by atoms with Crippen molar-refractivity contribution in [2.75, 3.05) is 13.2 Å². The zero-order valence-electron chi connectivity index (χ0n) is 34.0. The molecule has 1 saturated heterocycles. The number of hydrogen-bond donors (Lipinski definition) is 1. The molecule has 0 bridgehead atoms. The molecule has 1 aliphatic heterocycles. The normalized spacial score (nSPS) is 18.7. The monoisotopic (exact) mass is 811 g/mol. The van der Waals surface area contributed by atoms with Crippen molar-refractivity contribution in [3.63, 3.8) is 0 Å². The van der Waals surface area contributed by atoms with E-state index in [0.29, 0.717) is 28.5 Å². The molecule has 1 fully saturated rings. The molecule has 0 amide bonds. The summed E-state index contributed by atoms with van der Waals surface area (Å²) in [5.74, 6) is -1.12. The van der Waals surface area contributed by atoms with Crippen molar-refractivity contribution in [1.82, 2.24) is 14.5 Å². The second-order valence-electron chi connectivity index (χ2n) is 18.4. The fraction of sp³-hybridized carbons (Fsp3) is 0.525. The number of carbonyl (C=O) groups is 1. The van der Waals surface area contributed by atoms with Crippen LogP contribution >= 0.6 is 11.6 Å². The number of carboxylic acid groups (broad SMARTS) is 1. The van der Waals surface area contributed by atoms with Gasteiger partial charge in [0.05, 0.1) is 22.8 Å². The number of benzene rings is 2. The molecule has 0 spiro atoms. The summed E-state index contributed by atoms with van der Waals surface area (Å²) in [5, 5.41) is 10.0. The van der Waals surface area contributed by atoms with Crippen LogP contribution in [0, 0.1) is 0 Å². The minimum absolute atomic E-state index is 0.0137. The van der Waals surface area contributed by atoms with E-state index in [2.05, 4.69) is 105 Å². The predicted octanol–water partition coefficient (Wildman–Crippen LogP) is 10.2. The molecule has 14 heteroatoms. The highest BCUT2D eigenvalue weighted by Gasteiger charge is 2.63. The van der Waals surface area contributed by atoms with Gasteiger partial charge in [-0.2, -0.15) is 4.98 Å². The lowest BCUT2D eigenvalue weighted by molar-refractivity contribution is -0.151. The van der Waals surface area contributed by atoms with Crippen molar-refractivity contribution in [3.8, 4) is 28.4 Å². The maximum absolute atomic E-state index is 12.7. The van der Waals surface area contributed by atoms with Crippen molar-refractivity contribution < 1.29 is 32.7 Å². The van der Waals surface area contributed by atoms with Crippen molar-refractivity contribution in [3.05, 3.63) is 65.7 Å². The Labute approximate surface area is 328 Å². The van der Waals surface area contributed by atoms with Gasteiger partial charge in [0.15, 0.2) is 26.2 Å². The van der Waals surface area contributed by atoms with Crippen LogP contribution in [0.4, 0.5) is 0 Å². The fourth-order valence-corrected chi connectivity index (χ4v) is 17.7. The van der Waals surface area contributed by atoms with Gasteiger partial charge in [-0.1, -0.05) is 127 Å². The highest BCUT2D eigenvalue weighted by molar-refractivity contribution is 6.85. The first kappa shape index (κ1) is 42.3. The van der Waals surface area contributed by atoms with Crippen LogP contribution in [-0.2, 0) is 29.5 Å². The summed E-state index contributed by atoms with van der Waals surface area (Å²) in [4.78, 5) is 22.5. The Morgan fingerprint density at radius 3 is 2.06 bits per heavy atom. The van der Waals surface area contributed by atoms with Gasteiger partial charge in [0, 0.05) is 30.3 Å². The van der Waals surface area contributed by atoms with Crippen molar-refractivity contribution in [1.29, 1.82) is 0 Å². The Balaban J connectivity index is 1.55. The van der Waals surface area contributed by atoms with Crippen molar-refractivity contribution in [2.24, 2.45) is 0 Å². The van der Waals surface area contributed by atoms with E-state index in [1.54, 1.807) is 0 Å². The average Bonchev–Trinajstić information content (AvgIpc) is 3.60. The molecule has 4 aromatic rings. The number of aliphatic carboxylic acids is 1. The number of imidazole rings is 1. The summed E-state index contributed by atoms with van der Waals surface area (Å²) in [7, 11) is -6.81. The molecular formula is C40H58ClN3O7Si3. The van der Waals surface area contributed by atoms with Gasteiger partial charge in [-0.05, 0) is 42.9 Å². The summed E-state index contributed by atoms with van der Waals surface area (Å²) >= 11 is 6.96. The summed E-state index contributed by atoms with van der Waals surface area (Å²) in [5.41, 5.74) is 4.70. The highest BCUT2D eigenvalue weighted by Crippen LogP contribution is 2.54. The molecule has 0 unspecified atom stereocenters. The Kier molecular flexibility index (Phi) is 12.5. The largest absolute Gasteiger partial charge is 0.479 e. The van der Waals surface area contributed by atoms with Gasteiger partial charge in [-0.15, -0.1) is 0 Å². The van der Waals surface area contributed by atoms with Crippen LogP contribution in [0.2, 0.25) is 60.4 Å². The summed E-state index contributed by atoms with van der Waals surface area (Å²) in [6.07, 6.45) is -3.05. The fourth-order valence-electron chi connectivity index (χ4n) is 7.01. The van der Waals surface area contributed by atoms with Gasteiger partial charge in [0.2, 0.25) is 0 Å². The van der Waals surface area contributed by atoms with Crippen LogP contribution in [0.5, 0.6) is 6.01 Å². The first-order chi connectivity index (χ1) is 25.0. The van der Waals surface area contributed by atoms with Gasteiger partial charge in [0.1, 0.15) is 12.8 Å². The third-order valence-corrected chi connectivity index (χ3v) is 19.6. The van der Waals surface area contributed by atoms with Crippen molar-refractivity contribution >= 4 is 53.7 Å². The zero-order valence-corrected chi connectivity index (χ0v) is 37.7. The van der Waals surface area contributed by atoms with E-state index in [0.717, 1.165) is 22.7 Å². The van der Waals surface area contributed by atoms with E-state index in [9.17, 15) is 9.90 Å². The van der Waals surface area contributed by atoms with Crippen LogP contribution < -0.4 is 4.74 Å². The van der Waals surface area contributed by atoms with Gasteiger partial charge in [-0.3, -0.25) is 4.57 Å². The predicted molar refractivity (Wildman–Crippen MR) is 224 cm³/mol. The first-order valence-corrected chi connectivity index (χ1v) is 28.0. The smallest absolute Gasteiger partial charge is 0.339 e. The number of ether oxygens (including phenoxy) is 3. The molecule has 0 radical (unpaired) electrons. The molecule has 5 rings (SSSR count). The molecule has 294 valence electrons. The SMILES string of the molecule is CC(C)(C)[Si](O[C@@H]1[C@@H](C(=O)O)OC[C@H]1Oc1nc2nc(-c3ccc(-c4ccccc4)cc3)c(Cl)cc2n1COCC[Si](C)(C)C)(O[Si](C)(C)C)C(C)(C)C. The molecule has 1 aliphatic rings. The third kappa shape index (κ3) is 9.55. The Morgan fingerprint density at radius 2 is 1.50 bits per heavy atom. The van der Waals surface area contributed by atoms with E-state index >= 15 is 0 Å². The number of aromatic nitrogens is 3. The lowest BCUT2D eigenvalue weighted by atomic mass is 10.0. The van der Waals surface area contributed by atoms with E-state index in [1.165, 1.54) is 0 Å². The van der Waals surface area contributed by atoms with Crippen LogP contribution in [0.25, 0.3) is 33.5 Å². The van der Waals surface area contributed by atoms with Crippen LogP contribution in [0.15, 0.2) is 60.7 Å². The molecule has 0 saturated carbocycles. The standard InChI is InChI=1S/C40H58ClN3O7Si3/c1-39(2,3)54(40(4,5)6,51-53(10,11)12)50-34-32(25-48-35(34)37(45)46)49-38-43-36-31(44(38)26-47-22-23-52(7,8)9)24-30(41)33(42-36)29-20-18-28(19-21-29)27-16-14-13-15-17-27/h13-21,24,32,34-35H,22-23,25-26H2,1-12H3,(H,45,46)/t32-,34+,35+/m1/s1. The number of carboxylic acids is 1. The Morgan fingerprint density at radius 1 is 0.907 bits per heavy atom. The molecule has 0 aliphatic carbocycles. The molecule has 10 nitrogen and oxygen atoms in total. The molecular weight excluding hydrogens is 754 g/mol. The maximum Gasteiger partial charge on any atom is 0.339 e. The lowest BCUT2D eigenvalue weighted by Crippen LogP contribution is -2.64. The second kappa shape index (κ2) is 15.9. The van der Waals surface area contributed by atoms with Gasteiger partial charge >= 0.3 is 20.5 Å². The van der Waals surface area contributed by atoms with Crippen LogP contribution in [0.1, 0.15) is 41.5 Å². The topological polar surface area (TPSA) is 114 Å². The highest BCUT2D eigenvalue weighted by atomic mass is 35.5. The minimum Gasteiger partial charge on any atom is -0.479 e. The summed E-state index contributed by atoms with van der Waals surface area (Å²) in [6, 6.07) is 21.3. The number of nitrogens with zero attached hydrogens (tertiary/aromatic N) is 3. The Hall–Kier alpha value is -2.89. The number of pyridine rings is 1.